The minimum Gasteiger partial charge on any atom is -0.324 e. The summed E-state index contributed by atoms with van der Waals surface area (Å²) < 4.78 is 3.73. The number of thioether (sulfide) groups is 1. The Kier molecular flexibility index (Phi) is 3.02. The number of nitrogens with two attached hydrogens (primary N) is 1. The normalized spacial score (nSPS) is 10.8. The van der Waals surface area contributed by atoms with E-state index in [-0.39, 0.29) is 0 Å². The molecule has 2 heterocycles. The first-order chi connectivity index (χ1) is 7.31. The second-order valence-electron chi connectivity index (χ2n) is 2.98. The van der Waals surface area contributed by atoms with Crippen molar-refractivity contribution in [2.75, 3.05) is 0 Å². The van der Waals surface area contributed by atoms with Crippen LogP contribution in [0.1, 0.15) is 5.82 Å². The first-order valence-electron chi connectivity index (χ1n) is 4.50. The van der Waals surface area contributed by atoms with E-state index in [0.29, 0.717) is 6.54 Å². The SMILES string of the molecule is Cn1c(CN)nnc1SCn1cccn1. The highest BCUT2D eigenvalue weighted by Crippen LogP contribution is 2.16. The van der Waals surface area contributed by atoms with Gasteiger partial charge in [0.2, 0.25) is 0 Å². The third kappa shape index (κ3) is 2.18. The van der Waals surface area contributed by atoms with Gasteiger partial charge in [-0.2, -0.15) is 5.10 Å². The van der Waals surface area contributed by atoms with E-state index < -0.39 is 0 Å². The first-order valence-corrected chi connectivity index (χ1v) is 5.48. The molecule has 0 fully saturated rings. The van der Waals surface area contributed by atoms with Gasteiger partial charge in [0.15, 0.2) is 5.16 Å². The first kappa shape index (κ1) is 10.2. The second-order valence-corrected chi connectivity index (χ2v) is 3.89. The average Bonchev–Trinajstić information content (AvgIpc) is 2.85. The minimum atomic E-state index is 0.409. The minimum absolute atomic E-state index is 0.409. The van der Waals surface area contributed by atoms with E-state index in [1.165, 1.54) is 0 Å². The molecule has 2 N–H and O–H groups in total. The molecule has 0 aliphatic rings. The van der Waals surface area contributed by atoms with Crippen LogP contribution in [0.4, 0.5) is 0 Å². The lowest BCUT2D eigenvalue weighted by Crippen LogP contribution is -2.05. The Hall–Kier alpha value is -1.34. The zero-order valence-corrected chi connectivity index (χ0v) is 9.18. The molecule has 0 aromatic carbocycles. The van der Waals surface area contributed by atoms with Crippen LogP contribution >= 0.6 is 11.8 Å². The third-order valence-electron chi connectivity index (χ3n) is 1.99. The van der Waals surface area contributed by atoms with Crippen molar-refractivity contribution in [1.82, 2.24) is 24.5 Å². The third-order valence-corrected chi connectivity index (χ3v) is 3.00. The number of hydrogen-bond donors (Lipinski definition) is 1. The van der Waals surface area contributed by atoms with Gasteiger partial charge < -0.3 is 10.3 Å². The van der Waals surface area contributed by atoms with Crippen LogP contribution in [0.25, 0.3) is 0 Å². The summed E-state index contributed by atoms with van der Waals surface area (Å²) in [4.78, 5) is 0. The lowest BCUT2D eigenvalue weighted by atomic mass is 10.6. The van der Waals surface area contributed by atoms with Gasteiger partial charge in [0.1, 0.15) is 5.82 Å². The highest BCUT2D eigenvalue weighted by molar-refractivity contribution is 7.98. The van der Waals surface area contributed by atoms with Gasteiger partial charge >= 0.3 is 0 Å². The van der Waals surface area contributed by atoms with Crippen LogP contribution in [0.5, 0.6) is 0 Å². The number of nitrogens with zero attached hydrogens (tertiary/aromatic N) is 5. The monoisotopic (exact) mass is 224 g/mol. The van der Waals surface area contributed by atoms with Gasteiger partial charge in [-0.05, 0) is 6.07 Å². The van der Waals surface area contributed by atoms with E-state index in [1.807, 2.05) is 28.6 Å². The van der Waals surface area contributed by atoms with Crippen molar-refractivity contribution < 1.29 is 0 Å². The van der Waals surface area contributed by atoms with Gasteiger partial charge in [-0.3, -0.25) is 4.68 Å². The highest BCUT2D eigenvalue weighted by atomic mass is 32.2. The van der Waals surface area contributed by atoms with Gasteiger partial charge in [-0.1, -0.05) is 11.8 Å². The second kappa shape index (κ2) is 4.45. The van der Waals surface area contributed by atoms with E-state index >= 15 is 0 Å². The van der Waals surface area contributed by atoms with Crippen LogP contribution in [0.15, 0.2) is 23.6 Å². The molecular weight excluding hydrogens is 212 g/mol. The molecule has 0 unspecified atom stereocenters. The summed E-state index contributed by atoms with van der Waals surface area (Å²) >= 11 is 1.58. The smallest absolute Gasteiger partial charge is 0.192 e. The van der Waals surface area contributed by atoms with Crippen LogP contribution in [-0.4, -0.2) is 24.5 Å². The fourth-order valence-corrected chi connectivity index (χ4v) is 1.95. The van der Waals surface area contributed by atoms with Crippen molar-refractivity contribution in [2.24, 2.45) is 12.8 Å². The lowest BCUT2D eigenvalue weighted by Gasteiger charge is -2.02. The van der Waals surface area contributed by atoms with E-state index in [0.717, 1.165) is 16.9 Å². The Morgan fingerprint density at radius 1 is 1.47 bits per heavy atom. The van der Waals surface area contributed by atoms with Gasteiger partial charge in [0.25, 0.3) is 0 Å². The molecule has 0 spiro atoms. The summed E-state index contributed by atoms with van der Waals surface area (Å²) in [6.45, 7) is 0.409. The lowest BCUT2D eigenvalue weighted by molar-refractivity contribution is 0.718. The van der Waals surface area contributed by atoms with Crippen molar-refractivity contribution in [3.05, 3.63) is 24.3 Å². The molecule has 2 aromatic heterocycles. The molecule has 7 heteroatoms. The Labute approximate surface area is 91.5 Å². The van der Waals surface area contributed by atoms with Crippen LogP contribution < -0.4 is 5.73 Å². The number of rotatable bonds is 4. The zero-order chi connectivity index (χ0) is 10.7. The molecule has 0 aliphatic carbocycles. The molecule has 80 valence electrons. The molecule has 0 amide bonds. The Morgan fingerprint density at radius 3 is 2.93 bits per heavy atom. The van der Waals surface area contributed by atoms with Crippen LogP contribution in [0.2, 0.25) is 0 Å². The maximum atomic E-state index is 5.50. The predicted molar refractivity (Wildman–Crippen MR) is 57.0 cm³/mol. The van der Waals surface area contributed by atoms with Crippen molar-refractivity contribution in [3.8, 4) is 0 Å². The summed E-state index contributed by atoms with van der Waals surface area (Å²) in [6, 6.07) is 1.89. The molecule has 0 radical (unpaired) electrons. The number of aromatic nitrogens is 5. The molecule has 0 bridgehead atoms. The molecule has 2 rings (SSSR count). The molecule has 0 saturated carbocycles. The van der Waals surface area contributed by atoms with E-state index in [1.54, 1.807) is 18.0 Å². The van der Waals surface area contributed by atoms with Crippen LogP contribution in [0.3, 0.4) is 0 Å². The summed E-state index contributed by atoms with van der Waals surface area (Å²) in [5.74, 6) is 1.52. The predicted octanol–water partition coefficient (Wildman–Crippen LogP) is 0.220. The largest absolute Gasteiger partial charge is 0.324 e. The standard InChI is InChI=1S/C8H12N6S/c1-13-7(5-9)11-12-8(13)15-6-14-4-2-3-10-14/h2-4H,5-6,9H2,1H3. The maximum Gasteiger partial charge on any atom is 0.192 e. The highest BCUT2D eigenvalue weighted by Gasteiger charge is 2.07. The van der Waals surface area contributed by atoms with Crippen LogP contribution in [-0.2, 0) is 19.5 Å². The van der Waals surface area contributed by atoms with Crippen LogP contribution in [0, 0.1) is 0 Å². The zero-order valence-electron chi connectivity index (χ0n) is 8.37. The summed E-state index contributed by atoms with van der Waals surface area (Å²) in [7, 11) is 1.91. The molecule has 6 nitrogen and oxygen atoms in total. The summed E-state index contributed by atoms with van der Waals surface area (Å²) in [6.07, 6.45) is 3.66. The Morgan fingerprint density at radius 2 is 2.33 bits per heavy atom. The average molecular weight is 224 g/mol. The topological polar surface area (TPSA) is 74.6 Å². The van der Waals surface area contributed by atoms with Crippen molar-refractivity contribution >= 4 is 11.8 Å². The quantitative estimate of drug-likeness (QED) is 0.752. The molecule has 0 aliphatic heterocycles. The van der Waals surface area contributed by atoms with E-state index in [2.05, 4.69) is 15.3 Å². The van der Waals surface area contributed by atoms with Gasteiger partial charge in [0.05, 0.1) is 12.4 Å². The molecule has 15 heavy (non-hydrogen) atoms. The summed E-state index contributed by atoms with van der Waals surface area (Å²) in [5, 5.41) is 13.0. The molecular formula is C8H12N6S. The van der Waals surface area contributed by atoms with Gasteiger partial charge in [0, 0.05) is 19.4 Å². The summed E-state index contributed by atoms with van der Waals surface area (Å²) in [5.41, 5.74) is 5.50. The van der Waals surface area contributed by atoms with Gasteiger partial charge in [-0.25, -0.2) is 0 Å². The Bertz CT molecular complexity index is 420. The van der Waals surface area contributed by atoms with Gasteiger partial charge in [-0.15, -0.1) is 10.2 Å². The fraction of sp³-hybridized carbons (Fsp3) is 0.375. The van der Waals surface area contributed by atoms with Crippen molar-refractivity contribution in [2.45, 2.75) is 17.6 Å². The van der Waals surface area contributed by atoms with Crippen molar-refractivity contribution in [1.29, 1.82) is 0 Å². The molecule has 0 saturated heterocycles. The van der Waals surface area contributed by atoms with Crippen molar-refractivity contribution in [3.63, 3.8) is 0 Å². The number of hydrogen-bond acceptors (Lipinski definition) is 5. The fourth-order valence-electron chi connectivity index (χ4n) is 1.15. The van der Waals surface area contributed by atoms with E-state index in [4.69, 9.17) is 5.73 Å². The van der Waals surface area contributed by atoms with E-state index in [9.17, 15) is 0 Å². The maximum absolute atomic E-state index is 5.50. The Balaban J connectivity index is 2.02. The molecule has 0 atom stereocenters. The molecule has 2 aromatic rings.